The van der Waals surface area contributed by atoms with Gasteiger partial charge in [0.1, 0.15) is 0 Å². The molecular weight excluding hydrogens is 342 g/mol. The lowest BCUT2D eigenvalue weighted by molar-refractivity contribution is -0.116. The van der Waals surface area contributed by atoms with Crippen molar-refractivity contribution in [3.05, 3.63) is 53.1 Å². The lowest BCUT2D eigenvalue weighted by Gasteiger charge is -2.13. The molecule has 0 fully saturated rings. The van der Waals surface area contributed by atoms with Gasteiger partial charge in [-0.3, -0.25) is 9.59 Å². The maximum atomic E-state index is 12.4. The van der Waals surface area contributed by atoms with Crippen molar-refractivity contribution in [1.82, 2.24) is 0 Å². The van der Waals surface area contributed by atoms with Gasteiger partial charge in [0.2, 0.25) is 5.91 Å². The maximum absolute atomic E-state index is 12.4. The van der Waals surface area contributed by atoms with Crippen LogP contribution in [-0.4, -0.2) is 24.9 Å². The smallest absolute Gasteiger partial charge is 0.224 e. The summed E-state index contributed by atoms with van der Waals surface area (Å²) < 4.78 is 11.1. The Balaban J connectivity index is 1.98. The number of hydrogen-bond acceptors (Lipinski definition) is 4. The Hall–Kier alpha value is -2.82. The fourth-order valence-corrected chi connectivity index (χ4v) is 2.75. The molecule has 0 spiro atoms. The summed E-state index contributed by atoms with van der Waals surface area (Å²) >= 11 is 0. The molecule has 5 nitrogen and oxygen atoms in total. The van der Waals surface area contributed by atoms with Crippen molar-refractivity contribution in [2.24, 2.45) is 0 Å². The summed E-state index contributed by atoms with van der Waals surface area (Å²) in [5.74, 6) is 0.999. The van der Waals surface area contributed by atoms with Crippen LogP contribution >= 0.6 is 0 Å². The van der Waals surface area contributed by atoms with E-state index in [9.17, 15) is 9.59 Å². The predicted molar refractivity (Wildman–Crippen MR) is 107 cm³/mol. The van der Waals surface area contributed by atoms with Crippen LogP contribution in [0.5, 0.6) is 11.5 Å². The van der Waals surface area contributed by atoms with Gasteiger partial charge in [0.05, 0.1) is 13.2 Å². The number of nitrogens with one attached hydrogen (secondary N) is 1. The Bertz CT molecular complexity index is 814. The largest absolute Gasteiger partial charge is 0.490 e. The Labute approximate surface area is 160 Å². The minimum Gasteiger partial charge on any atom is -0.490 e. The van der Waals surface area contributed by atoms with Crippen LogP contribution in [0.3, 0.4) is 0 Å². The molecule has 0 bridgehead atoms. The van der Waals surface area contributed by atoms with Crippen molar-refractivity contribution < 1.29 is 19.1 Å². The first-order chi connectivity index (χ1) is 12.9. The zero-order valence-electron chi connectivity index (χ0n) is 16.4. The number of hydrogen-bond donors (Lipinski definition) is 1. The van der Waals surface area contributed by atoms with Gasteiger partial charge in [-0.25, -0.2) is 0 Å². The summed E-state index contributed by atoms with van der Waals surface area (Å²) in [6.45, 7) is 8.68. The van der Waals surface area contributed by atoms with Crippen molar-refractivity contribution in [3.8, 4) is 11.5 Å². The number of ketones is 1. The molecule has 5 heteroatoms. The Morgan fingerprint density at radius 3 is 2.30 bits per heavy atom. The summed E-state index contributed by atoms with van der Waals surface area (Å²) in [6, 6.07) is 11.0. The molecule has 144 valence electrons. The molecule has 0 aliphatic heterocycles. The van der Waals surface area contributed by atoms with E-state index in [0.29, 0.717) is 36.0 Å². The minimum atomic E-state index is -0.208. The van der Waals surface area contributed by atoms with Crippen molar-refractivity contribution >= 4 is 17.4 Å². The van der Waals surface area contributed by atoms with Gasteiger partial charge < -0.3 is 14.8 Å². The highest BCUT2D eigenvalue weighted by Crippen LogP contribution is 2.30. The van der Waals surface area contributed by atoms with Crippen molar-refractivity contribution in [3.63, 3.8) is 0 Å². The highest BCUT2D eigenvalue weighted by molar-refractivity contribution is 6.01. The van der Waals surface area contributed by atoms with E-state index in [-0.39, 0.29) is 24.5 Å². The molecule has 0 saturated carbocycles. The lowest BCUT2D eigenvalue weighted by Crippen LogP contribution is -2.14. The van der Waals surface area contributed by atoms with Crippen LogP contribution in [0.2, 0.25) is 0 Å². The van der Waals surface area contributed by atoms with Crippen molar-refractivity contribution in [1.29, 1.82) is 0 Å². The zero-order valence-corrected chi connectivity index (χ0v) is 16.4. The summed E-state index contributed by atoms with van der Waals surface area (Å²) in [6.07, 6.45) is 0.300. The van der Waals surface area contributed by atoms with Crippen LogP contribution in [0.15, 0.2) is 36.4 Å². The maximum Gasteiger partial charge on any atom is 0.224 e. The third-order valence-electron chi connectivity index (χ3n) is 4.10. The molecule has 1 amide bonds. The molecule has 0 unspecified atom stereocenters. The molecule has 0 aliphatic rings. The van der Waals surface area contributed by atoms with Gasteiger partial charge in [-0.05, 0) is 51.5 Å². The van der Waals surface area contributed by atoms with E-state index < -0.39 is 0 Å². The van der Waals surface area contributed by atoms with E-state index in [0.717, 1.165) is 11.1 Å². The number of benzene rings is 2. The Kier molecular flexibility index (Phi) is 7.41. The first kappa shape index (κ1) is 20.5. The highest BCUT2D eigenvalue weighted by Gasteiger charge is 2.13. The van der Waals surface area contributed by atoms with Crippen LogP contribution in [0.4, 0.5) is 5.69 Å². The van der Waals surface area contributed by atoms with E-state index in [1.165, 1.54) is 0 Å². The highest BCUT2D eigenvalue weighted by atomic mass is 16.5. The fraction of sp³-hybridized carbons (Fsp3) is 0.364. The number of Topliss-reactive ketones (excluding diaryl/α,β-unsaturated/α-hetero) is 1. The van der Waals surface area contributed by atoms with E-state index in [2.05, 4.69) is 5.32 Å². The summed E-state index contributed by atoms with van der Waals surface area (Å²) in [7, 11) is 0. The van der Waals surface area contributed by atoms with Crippen LogP contribution in [0, 0.1) is 13.8 Å². The van der Waals surface area contributed by atoms with Crippen LogP contribution < -0.4 is 14.8 Å². The molecule has 1 N–H and O–H groups in total. The average molecular weight is 369 g/mol. The van der Waals surface area contributed by atoms with Crippen LogP contribution in [0.25, 0.3) is 0 Å². The van der Waals surface area contributed by atoms with E-state index in [1.54, 1.807) is 18.2 Å². The standard InChI is InChI=1S/C22H27NO4/c1-5-26-20-11-9-17(14-21(20)27-6-2)23-22(25)12-10-19(24)18-13-15(3)7-8-16(18)4/h7-9,11,13-14H,5-6,10,12H2,1-4H3,(H,23,25). The monoisotopic (exact) mass is 369 g/mol. The molecule has 0 radical (unpaired) electrons. The average Bonchev–Trinajstić information content (AvgIpc) is 2.64. The van der Waals surface area contributed by atoms with Crippen LogP contribution in [0.1, 0.15) is 48.2 Å². The van der Waals surface area contributed by atoms with Gasteiger partial charge in [0.25, 0.3) is 0 Å². The van der Waals surface area contributed by atoms with E-state index in [1.807, 2.05) is 45.9 Å². The molecule has 2 aromatic carbocycles. The fourth-order valence-electron chi connectivity index (χ4n) is 2.75. The van der Waals surface area contributed by atoms with Gasteiger partial charge in [-0.2, -0.15) is 0 Å². The minimum absolute atomic E-state index is 0.0203. The predicted octanol–water partition coefficient (Wildman–Crippen LogP) is 4.70. The topological polar surface area (TPSA) is 64.6 Å². The SMILES string of the molecule is CCOc1ccc(NC(=O)CCC(=O)c2cc(C)ccc2C)cc1OCC. The number of rotatable bonds is 9. The molecule has 0 saturated heterocycles. The quantitative estimate of drug-likeness (QED) is 0.651. The molecule has 0 aromatic heterocycles. The molecule has 0 aliphatic carbocycles. The van der Waals surface area contributed by atoms with Crippen molar-refractivity contribution in [2.45, 2.75) is 40.5 Å². The molecule has 0 atom stereocenters. The first-order valence-electron chi connectivity index (χ1n) is 9.24. The number of carbonyl (C=O) groups is 2. The summed E-state index contributed by atoms with van der Waals surface area (Å²) in [4.78, 5) is 24.7. The zero-order chi connectivity index (χ0) is 19.8. The second-order valence-corrected chi connectivity index (χ2v) is 6.32. The number of aryl methyl sites for hydroxylation is 2. The number of carbonyl (C=O) groups excluding carboxylic acids is 2. The number of anilines is 1. The van der Waals surface area contributed by atoms with Crippen molar-refractivity contribution in [2.75, 3.05) is 18.5 Å². The number of ether oxygens (including phenoxy) is 2. The Morgan fingerprint density at radius 1 is 0.889 bits per heavy atom. The van der Waals surface area contributed by atoms with Gasteiger partial charge >= 0.3 is 0 Å². The molecule has 2 rings (SSSR count). The third-order valence-corrected chi connectivity index (χ3v) is 4.10. The third kappa shape index (κ3) is 5.84. The Morgan fingerprint density at radius 2 is 1.59 bits per heavy atom. The molecule has 27 heavy (non-hydrogen) atoms. The van der Waals surface area contributed by atoms with Gasteiger partial charge in [0.15, 0.2) is 17.3 Å². The summed E-state index contributed by atoms with van der Waals surface area (Å²) in [5.41, 5.74) is 3.26. The second-order valence-electron chi connectivity index (χ2n) is 6.32. The second kappa shape index (κ2) is 9.76. The summed E-state index contributed by atoms with van der Waals surface area (Å²) in [5, 5.41) is 2.82. The van der Waals surface area contributed by atoms with Gasteiger partial charge in [-0.15, -0.1) is 0 Å². The lowest BCUT2D eigenvalue weighted by atomic mass is 9.99. The van der Waals surface area contributed by atoms with Gasteiger partial charge in [0, 0.05) is 30.2 Å². The first-order valence-corrected chi connectivity index (χ1v) is 9.24. The number of amides is 1. The molecule has 2 aromatic rings. The van der Waals surface area contributed by atoms with E-state index in [4.69, 9.17) is 9.47 Å². The molecule has 0 heterocycles. The van der Waals surface area contributed by atoms with E-state index >= 15 is 0 Å². The van der Waals surface area contributed by atoms with Gasteiger partial charge in [-0.1, -0.05) is 17.7 Å². The normalized spacial score (nSPS) is 10.4. The molecular formula is C22H27NO4. The van der Waals surface area contributed by atoms with Crippen LogP contribution in [-0.2, 0) is 4.79 Å².